The van der Waals surface area contributed by atoms with E-state index in [0.29, 0.717) is 18.7 Å². The topological polar surface area (TPSA) is 66.5 Å². The van der Waals surface area contributed by atoms with Crippen molar-refractivity contribution in [3.63, 3.8) is 0 Å². The Bertz CT molecular complexity index is 644. The molecule has 0 spiro atoms. The summed E-state index contributed by atoms with van der Waals surface area (Å²) in [6.45, 7) is 10.8. The first-order valence-electron chi connectivity index (χ1n) is 8.26. The van der Waals surface area contributed by atoms with Gasteiger partial charge in [0.15, 0.2) is 0 Å². The summed E-state index contributed by atoms with van der Waals surface area (Å²) in [6.07, 6.45) is 1.62. The third-order valence-electron chi connectivity index (χ3n) is 3.65. The Morgan fingerprint density at radius 1 is 1.17 bits per heavy atom. The van der Waals surface area contributed by atoms with E-state index >= 15 is 0 Å². The standard InChI is InChI=1S/C18H30N2O3S/c1-14(2)13-17(21)19-11-12-20(24(6,22)23)16-9-7-15(8-10-16)18(3,4)5/h7-10,14H,11-13H2,1-6H3,(H,19,21). The maximum atomic E-state index is 12.1. The van der Waals surface area contributed by atoms with Crippen molar-refractivity contribution in [2.24, 2.45) is 5.92 Å². The fourth-order valence-corrected chi connectivity index (χ4v) is 3.28. The first-order valence-corrected chi connectivity index (χ1v) is 10.1. The Morgan fingerprint density at radius 3 is 2.12 bits per heavy atom. The highest BCUT2D eigenvalue weighted by atomic mass is 32.2. The van der Waals surface area contributed by atoms with E-state index in [2.05, 4.69) is 26.1 Å². The number of nitrogens with zero attached hydrogens (tertiary/aromatic N) is 1. The van der Waals surface area contributed by atoms with Crippen LogP contribution in [0.25, 0.3) is 0 Å². The minimum absolute atomic E-state index is 0.0132. The van der Waals surface area contributed by atoms with E-state index in [9.17, 15) is 13.2 Å². The van der Waals surface area contributed by atoms with Gasteiger partial charge in [0.25, 0.3) is 0 Å². The molecule has 6 heteroatoms. The molecule has 1 aromatic rings. The molecule has 0 aromatic heterocycles. The van der Waals surface area contributed by atoms with Crippen LogP contribution in [0.15, 0.2) is 24.3 Å². The fraction of sp³-hybridized carbons (Fsp3) is 0.611. The summed E-state index contributed by atoms with van der Waals surface area (Å²) < 4.78 is 25.5. The number of hydrogen-bond donors (Lipinski definition) is 1. The number of anilines is 1. The summed E-state index contributed by atoms with van der Waals surface area (Å²) in [5, 5.41) is 2.78. The predicted octanol–water partition coefficient (Wildman–Crippen LogP) is 2.91. The Morgan fingerprint density at radius 2 is 1.71 bits per heavy atom. The van der Waals surface area contributed by atoms with Gasteiger partial charge in [0.05, 0.1) is 18.5 Å². The van der Waals surface area contributed by atoms with Crippen molar-refractivity contribution in [2.45, 2.75) is 46.5 Å². The molecule has 0 heterocycles. The Balaban J connectivity index is 2.82. The number of hydrogen-bond acceptors (Lipinski definition) is 3. The Labute approximate surface area is 146 Å². The SMILES string of the molecule is CC(C)CC(=O)NCCN(c1ccc(C(C)(C)C)cc1)S(C)(=O)=O. The van der Waals surface area contributed by atoms with E-state index in [1.165, 1.54) is 10.6 Å². The van der Waals surface area contributed by atoms with Crippen LogP contribution in [0, 0.1) is 5.92 Å². The van der Waals surface area contributed by atoms with E-state index in [1.807, 2.05) is 38.1 Å². The Kier molecular flexibility index (Phi) is 6.84. The lowest BCUT2D eigenvalue weighted by Crippen LogP contribution is -2.38. The molecule has 0 saturated heterocycles. The van der Waals surface area contributed by atoms with Crippen molar-refractivity contribution in [2.75, 3.05) is 23.7 Å². The quantitative estimate of drug-likeness (QED) is 0.819. The highest BCUT2D eigenvalue weighted by Crippen LogP contribution is 2.25. The first kappa shape index (κ1) is 20.5. The second kappa shape index (κ2) is 8.01. The molecule has 5 nitrogen and oxygen atoms in total. The van der Waals surface area contributed by atoms with E-state index in [1.54, 1.807) is 0 Å². The van der Waals surface area contributed by atoms with Gasteiger partial charge in [0.1, 0.15) is 0 Å². The number of carbonyl (C=O) groups is 1. The smallest absolute Gasteiger partial charge is 0.232 e. The van der Waals surface area contributed by atoms with Gasteiger partial charge in [-0.05, 0) is 29.0 Å². The number of amides is 1. The van der Waals surface area contributed by atoms with Crippen molar-refractivity contribution >= 4 is 21.6 Å². The molecule has 0 bridgehead atoms. The average Bonchev–Trinajstić information content (AvgIpc) is 2.40. The number of benzene rings is 1. The minimum atomic E-state index is -3.41. The van der Waals surface area contributed by atoms with Crippen LogP contribution in [-0.4, -0.2) is 33.7 Å². The third-order valence-corrected chi connectivity index (χ3v) is 4.85. The van der Waals surface area contributed by atoms with Gasteiger partial charge in [0.2, 0.25) is 15.9 Å². The minimum Gasteiger partial charge on any atom is -0.354 e. The molecule has 1 N–H and O–H groups in total. The molecule has 0 atom stereocenters. The molecule has 0 radical (unpaired) electrons. The van der Waals surface area contributed by atoms with Crippen LogP contribution in [0.2, 0.25) is 0 Å². The van der Waals surface area contributed by atoms with Crippen molar-refractivity contribution < 1.29 is 13.2 Å². The van der Waals surface area contributed by atoms with Crippen molar-refractivity contribution in [1.29, 1.82) is 0 Å². The second-order valence-electron chi connectivity index (χ2n) is 7.58. The van der Waals surface area contributed by atoms with Crippen LogP contribution in [0.5, 0.6) is 0 Å². The fourth-order valence-electron chi connectivity index (χ4n) is 2.35. The van der Waals surface area contributed by atoms with Crippen LogP contribution in [0.4, 0.5) is 5.69 Å². The summed E-state index contributed by atoms with van der Waals surface area (Å²) >= 11 is 0. The van der Waals surface area contributed by atoms with Crippen molar-refractivity contribution in [1.82, 2.24) is 5.32 Å². The van der Waals surface area contributed by atoms with Gasteiger partial charge >= 0.3 is 0 Å². The lowest BCUT2D eigenvalue weighted by atomic mass is 9.87. The predicted molar refractivity (Wildman–Crippen MR) is 99.8 cm³/mol. The van der Waals surface area contributed by atoms with Crippen LogP contribution in [0.3, 0.4) is 0 Å². The van der Waals surface area contributed by atoms with Crippen LogP contribution in [-0.2, 0) is 20.2 Å². The van der Waals surface area contributed by atoms with Crippen LogP contribution >= 0.6 is 0 Å². The van der Waals surface area contributed by atoms with E-state index in [4.69, 9.17) is 0 Å². The molecule has 0 saturated carbocycles. The lowest BCUT2D eigenvalue weighted by molar-refractivity contribution is -0.121. The number of rotatable bonds is 7. The molecule has 1 amide bonds. The van der Waals surface area contributed by atoms with E-state index in [-0.39, 0.29) is 23.8 Å². The summed E-state index contributed by atoms with van der Waals surface area (Å²) in [5.41, 5.74) is 1.77. The molecule has 0 fully saturated rings. The second-order valence-corrected chi connectivity index (χ2v) is 9.49. The first-order chi connectivity index (χ1) is 10.9. The average molecular weight is 355 g/mol. The van der Waals surface area contributed by atoms with E-state index in [0.717, 1.165) is 5.56 Å². The maximum Gasteiger partial charge on any atom is 0.232 e. The van der Waals surface area contributed by atoms with Gasteiger partial charge in [-0.25, -0.2) is 8.42 Å². The maximum absolute atomic E-state index is 12.1. The largest absolute Gasteiger partial charge is 0.354 e. The summed E-state index contributed by atoms with van der Waals surface area (Å²) in [4.78, 5) is 11.7. The molecule has 1 rings (SSSR count). The van der Waals surface area contributed by atoms with Gasteiger partial charge in [-0.2, -0.15) is 0 Å². The Hall–Kier alpha value is -1.56. The molecule has 136 valence electrons. The zero-order valence-electron chi connectivity index (χ0n) is 15.6. The highest BCUT2D eigenvalue weighted by Gasteiger charge is 2.19. The van der Waals surface area contributed by atoms with Crippen molar-refractivity contribution in [3.8, 4) is 0 Å². The molecule has 0 aliphatic heterocycles. The molecule has 0 aliphatic rings. The molecular weight excluding hydrogens is 324 g/mol. The third kappa shape index (κ3) is 6.51. The van der Waals surface area contributed by atoms with E-state index < -0.39 is 10.0 Å². The highest BCUT2D eigenvalue weighted by molar-refractivity contribution is 7.92. The van der Waals surface area contributed by atoms with Gasteiger partial charge in [-0.1, -0.05) is 46.8 Å². The normalized spacial score (nSPS) is 12.3. The zero-order valence-corrected chi connectivity index (χ0v) is 16.4. The van der Waals surface area contributed by atoms with Crippen LogP contribution in [0.1, 0.15) is 46.6 Å². The summed E-state index contributed by atoms with van der Waals surface area (Å²) in [7, 11) is -3.41. The van der Waals surface area contributed by atoms with Gasteiger partial charge in [0, 0.05) is 13.0 Å². The van der Waals surface area contributed by atoms with Gasteiger partial charge in [-0.3, -0.25) is 9.10 Å². The number of nitrogens with one attached hydrogen (secondary N) is 1. The number of carbonyl (C=O) groups excluding carboxylic acids is 1. The molecule has 0 aliphatic carbocycles. The van der Waals surface area contributed by atoms with Crippen LogP contribution < -0.4 is 9.62 Å². The zero-order chi connectivity index (χ0) is 18.5. The van der Waals surface area contributed by atoms with Gasteiger partial charge < -0.3 is 5.32 Å². The lowest BCUT2D eigenvalue weighted by Gasteiger charge is -2.24. The molecular formula is C18H30N2O3S. The summed E-state index contributed by atoms with van der Waals surface area (Å²) in [5.74, 6) is 0.225. The monoisotopic (exact) mass is 354 g/mol. The molecule has 1 aromatic carbocycles. The molecule has 24 heavy (non-hydrogen) atoms. The van der Waals surface area contributed by atoms with Crippen molar-refractivity contribution in [3.05, 3.63) is 29.8 Å². The van der Waals surface area contributed by atoms with Gasteiger partial charge in [-0.15, -0.1) is 0 Å². The summed E-state index contributed by atoms with van der Waals surface area (Å²) in [6, 6.07) is 7.53. The molecule has 0 unspecified atom stereocenters. The number of sulfonamides is 1.